The first kappa shape index (κ1) is 20.5. The fourth-order valence-electron chi connectivity index (χ4n) is 3.70. The number of cyclic esters (lactones) is 1. The van der Waals surface area contributed by atoms with Crippen LogP contribution in [0.4, 0.5) is 10.5 Å². The van der Waals surface area contributed by atoms with E-state index in [1.807, 2.05) is 38.1 Å². The van der Waals surface area contributed by atoms with E-state index in [9.17, 15) is 14.4 Å². The number of ether oxygens (including phenoxy) is 2. The first-order valence-corrected chi connectivity index (χ1v) is 10.0. The van der Waals surface area contributed by atoms with Gasteiger partial charge in [-0.3, -0.25) is 9.69 Å². The van der Waals surface area contributed by atoms with Crippen molar-refractivity contribution in [1.29, 1.82) is 0 Å². The van der Waals surface area contributed by atoms with E-state index in [0.717, 1.165) is 5.56 Å². The summed E-state index contributed by atoms with van der Waals surface area (Å²) in [7, 11) is 0. The van der Waals surface area contributed by atoms with E-state index in [4.69, 9.17) is 9.47 Å². The molecule has 0 saturated carbocycles. The van der Waals surface area contributed by atoms with E-state index in [-0.39, 0.29) is 19.1 Å². The highest BCUT2D eigenvalue weighted by molar-refractivity contribution is 6.00. The summed E-state index contributed by atoms with van der Waals surface area (Å²) in [5, 5.41) is 5.60. The van der Waals surface area contributed by atoms with Crippen LogP contribution in [0.5, 0.6) is 5.75 Å². The lowest BCUT2D eigenvalue weighted by Crippen LogP contribution is -2.49. The van der Waals surface area contributed by atoms with Gasteiger partial charge < -0.3 is 20.1 Å². The predicted molar refractivity (Wildman–Crippen MR) is 113 cm³/mol. The number of aryl methyl sites for hydroxylation is 1. The SMILES string of the molecule is CCOc1ccccc1C1NC(=O)N(CC(=O)Nc2ccc(C)cc2)C2=C1C(=O)OC2. The van der Waals surface area contributed by atoms with Gasteiger partial charge in [0.05, 0.1) is 23.9 Å². The third-order valence-electron chi connectivity index (χ3n) is 5.17. The number of hydrogen-bond acceptors (Lipinski definition) is 5. The molecule has 0 aromatic heterocycles. The minimum atomic E-state index is -0.711. The van der Waals surface area contributed by atoms with Gasteiger partial charge in [-0.25, -0.2) is 9.59 Å². The molecule has 2 aromatic rings. The Kier molecular flexibility index (Phi) is 5.62. The summed E-state index contributed by atoms with van der Waals surface area (Å²) in [5.74, 6) is -0.318. The molecule has 3 amide bonds. The normalized spacial score (nSPS) is 17.7. The molecular weight excluding hydrogens is 398 g/mol. The fraction of sp³-hybridized carbons (Fsp3) is 0.261. The Labute approximate surface area is 179 Å². The van der Waals surface area contributed by atoms with Gasteiger partial charge in [0.1, 0.15) is 18.9 Å². The zero-order valence-corrected chi connectivity index (χ0v) is 17.3. The number of amides is 3. The second kappa shape index (κ2) is 8.51. The summed E-state index contributed by atoms with van der Waals surface area (Å²) < 4.78 is 10.9. The van der Waals surface area contributed by atoms with Crippen LogP contribution in [0.3, 0.4) is 0 Å². The Hall–Kier alpha value is -3.81. The minimum Gasteiger partial charge on any atom is -0.494 e. The number of urea groups is 1. The molecule has 31 heavy (non-hydrogen) atoms. The molecule has 2 aromatic carbocycles. The number of esters is 1. The molecule has 0 fully saturated rings. The first-order valence-electron chi connectivity index (χ1n) is 10.0. The number of carbonyl (C=O) groups is 3. The Bertz CT molecular complexity index is 1060. The number of benzene rings is 2. The average molecular weight is 421 g/mol. The molecule has 2 heterocycles. The molecule has 2 aliphatic rings. The van der Waals surface area contributed by atoms with E-state index in [1.54, 1.807) is 24.3 Å². The maximum absolute atomic E-state index is 12.9. The van der Waals surface area contributed by atoms with Gasteiger partial charge in [-0.2, -0.15) is 0 Å². The maximum atomic E-state index is 12.9. The van der Waals surface area contributed by atoms with Crippen LogP contribution in [0.15, 0.2) is 59.8 Å². The predicted octanol–water partition coefficient (Wildman–Crippen LogP) is 2.91. The number of nitrogens with zero attached hydrogens (tertiary/aromatic N) is 1. The minimum absolute atomic E-state index is 0.0628. The Morgan fingerprint density at radius 3 is 2.68 bits per heavy atom. The number of nitrogens with one attached hydrogen (secondary N) is 2. The fourth-order valence-corrected chi connectivity index (χ4v) is 3.70. The summed E-state index contributed by atoms with van der Waals surface area (Å²) in [4.78, 5) is 39.3. The summed E-state index contributed by atoms with van der Waals surface area (Å²) >= 11 is 0. The van der Waals surface area contributed by atoms with Crippen molar-refractivity contribution >= 4 is 23.6 Å². The maximum Gasteiger partial charge on any atom is 0.338 e. The number of para-hydroxylation sites is 1. The number of hydrogen-bond donors (Lipinski definition) is 2. The van der Waals surface area contributed by atoms with Crippen molar-refractivity contribution in [3.63, 3.8) is 0 Å². The second-order valence-corrected chi connectivity index (χ2v) is 7.29. The topological polar surface area (TPSA) is 97.0 Å². The smallest absolute Gasteiger partial charge is 0.338 e. The molecule has 0 radical (unpaired) electrons. The van der Waals surface area contributed by atoms with Gasteiger partial charge in [0.25, 0.3) is 0 Å². The molecule has 160 valence electrons. The zero-order valence-electron chi connectivity index (χ0n) is 17.3. The summed E-state index contributed by atoms with van der Waals surface area (Å²) in [6, 6.07) is 13.4. The van der Waals surface area contributed by atoms with Crippen molar-refractivity contribution < 1.29 is 23.9 Å². The van der Waals surface area contributed by atoms with Gasteiger partial charge in [-0.15, -0.1) is 0 Å². The second-order valence-electron chi connectivity index (χ2n) is 7.29. The number of carbonyl (C=O) groups excluding carboxylic acids is 3. The van der Waals surface area contributed by atoms with Crippen LogP contribution in [0.2, 0.25) is 0 Å². The molecule has 8 nitrogen and oxygen atoms in total. The third kappa shape index (κ3) is 4.09. The average Bonchev–Trinajstić information content (AvgIpc) is 3.14. The van der Waals surface area contributed by atoms with Crippen LogP contribution in [-0.4, -0.2) is 42.6 Å². The quantitative estimate of drug-likeness (QED) is 0.699. The van der Waals surface area contributed by atoms with Crippen molar-refractivity contribution in [2.24, 2.45) is 0 Å². The van der Waals surface area contributed by atoms with Crippen molar-refractivity contribution in [2.45, 2.75) is 19.9 Å². The molecule has 1 atom stereocenters. The molecule has 0 aliphatic carbocycles. The molecule has 8 heteroatoms. The standard InChI is InChI=1S/C23H23N3O5/c1-3-30-18-7-5-4-6-16(18)21-20-17(13-31-22(20)28)26(23(29)25-21)12-19(27)24-15-10-8-14(2)9-11-15/h4-11,21H,3,12-13H2,1-2H3,(H,24,27)(H,25,29). The molecule has 0 spiro atoms. The molecule has 0 bridgehead atoms. The van der Waals surface area contributed by atoms with Gasteiger partial charge in [-0.1, -0.05) is 35.9 Å². The van der Waals surface area contributed by atoms with Crippen LogP contribution in [0.1, 0.15) is 24.1 Å². The van der Waals surface area contributed by atoms with Crippen molar-refractivity contribution in [3.05, 3.63) is 70.9 Å². The van der Waals surface area contributed by atoms with E-state index in [2.05, 4.69) is 10.6 Å². The number of anilines is 1. The lowest BCUT2D eigenvalue weighted by atomic mass is 9.95. The summed E-state index contributed by atoms with van der Waals surface area (Å²) in [6.07, 6.45) is 0. The van der Waals surface area contributed by atoms with Gasteiger partial charge in [-0.05, 0) is 32.0 Å². The Morgan fingerprint density at radius 1 is 1.19 bits per heavy atom. The van der Waals surface area contributed by atoms with Crippen LogP contribution in [-0.2, 0) is 14.3 Å². The van der Waals surface area contributed by atoms with Crippen LogP contribution in [0, 0.1) is 6.92 Å². The highest BCUT2D eigenvalue weighted by Gasteiger charge is 2.43. The molecule has 1 unspecified atom stereocenters. The van der Waals surface area contributed by atoms with E-state index in [1.165, 1.54) is 4.90 Å². The van der Waals surface area contributed by atoms with Crippen molar-refractivity contribution in [3.8, 4) is 5.75 Å². The summed E-state index contributed by atoms with van der Waals surface area (Å²) in [5.41, 5.74) is 3.07. The number of rotatable bonds is 6. The largest absolute Gasteiger partial charge is 0.494 e. The monoisotopic (exact) mass is 421 g/mol. The van der Waals surface area contributed by atoms with Crippen molar-refractivity contribution in [2.75, 3.05) is 25.1 Å². The third-order valence-corrected chi connectivity index (χ3v) is 5.17. The molecule has 4 rings (SSSR count). The van der Waals surface area contributed by atoms with Gasteiger partial charge in [0, 0.05) is 11.3 Å². The van der Waals surface area contributed by atoms with Crippen molar-refractivity contribution in [1.82, 2.24) is 10.2 Å². The highest BCUT2D eigenvalue weighted by atomic mass is 16.5. The molecule has 2 N–H and O–H groups in total. The highest BCUT2D eigenvalue weighted by Crippen LogP contribution is 2.38. The van der Waals surface area contributed by atoms with Gasteiger partial charge in [0.2, 0.25) is 5.91 Å². The lowest BCUT2D eigenvalue weighted by Gasteiger charge is -2.33. The lowest BCUT2D eigenvalue weighted by molar-refractivity contribution is -0.136. The first-order chi connectivity index (χ1) is 15.0. The van der Waals surface area contributed by atoms with Crippen LogP contribution >= 0.6 is 0 Å². The van der Waals surface area contributed by atoms with Gasteiger partial charge >= 0.3 is 12.0 Å². The molecular formula is C23H23N3O5. The van der Waals surface area contributed by atoms with Gasteiger partial charge in [0.15, 0.2) is 0 Å². The summed E-state index contributed by atoms with van der Waals surface area (Å²) in [6.45, 7) is 3.95. The molecule has 0 saturated heterocycles. The van der Waals surface area contributed by atoms with E-state index in [0.29, 0.717) is 34.9 Å². The van der Waals surface area contributed by atoms with Crippen LogP contribution in [0.25, 0.3) is 0 Å². The van der Waals surface area contributed by atoms with E-state index < -0.39 is 18.0 Å². The van der Waals surface area contributed by atoms with Crippen LogP contribution < -0.4 is 15.4 Å². The zero-order chi connectivity index (χ0) is 22.0. The Balaban J connectivity index is 1.61. The van der Waals surface area contributed by atoms with E-state index >= 15 is 0 Å². The Morgan fingerprint density at radius 2 is 1.94 bits per heavy atom. The molecule has 2 aliphatic heterocycles.